The molecule has 0 amide bonds. The Kier molecular flexibility index (Phi) is 4.34. The van der Waals surface area contributed by atoms with Gasteiger partial charge in [0.05, 0.1) is 17.1 Å². The zero-order chi connectivity index (χ0) is 18.1. The van der Waals surface area contributed by atoms with Gasteiger partial charge in [-0.1, -0.05) is 18.2 Å². The Balaban J connectivity index is 1.93. The molecule has 26 heavy (non-hydrogen) atoms. The minimum atomic E-state index is -3.85. The number of rotatable bonds is 4. The fourth-order valence-electron chi connectivity index (χ4n) is 3.16. The van der Waals surface area contributed by atoms with Crippen LogP contribution in [0.4, 0.5) is 5.82 Å². The van der Waals surface area contributed by atoms with Gasteiger partial charge in [0.15, 0.2) is 11.1 Å². The van der Waals surface area contributed by atoms with E-state index in [0.29, 0.717) is 16.9 Å². The number of fused-ring (bicyclic) bond motifs is 1. The maximum atomic E-state index is 13.0. The highest BCUT2D eigenvalue weighted by Gasteiger charge is 2.35. The molecule has 0 aliphatic carbocycles. The second-order valence-corrected chi connectivity index (χ2v) is 9.31. The second-order valence-electron chi connectivity index (χ2n) is 6.10. The number of anilines is 1. The molecule has 132 valence electrons. The van der Waals surface area contributed by atoms with Gasteiger partial charge in [0.25, 0.3) is 0 Å². The largest absolute Gasteiger partial charge is 0.355 e. The quantitative estimate of drug-likeness (QED) is 0.686. The highest BCUT2D eigenvalue weighted by atomic mass is 32.2. The molecule has 0 N–H and O–H groups in total. The Labute approximate surface area is 155 Å². The summed E-state index contributed by atoms with van der Waals surface area (Å²) in [5.74, 6) is 0.507. The van der Waals surface area contributed by atoms with Crippen LogP contribution in [-0.4, -0.2) is 31.5 Å². The van der Waals surface area contributed by atoms with Crippen molar-refractivity contribution < 1.29 is 8.42 Å². The van der Waals surface area contributed by atoms with Crippen LogP contribution in [0.5, 0.6) is 0 Å². The topological polar surface area (TPSA) is 86.9 Å². The lowest BCUT2D eigenvalue weighted by atomic mass is 10.2. The van der Waals surface area contributed by atoms with Crippen LogP contribution >= 0.6 is 11.3 Å². The number of hydrogen-bond acceptors (Lipinski definition) is 7. The molecule has 1 fully saturated rings. The predicted molar refractivity (Wildman–Crippen MR) is 101 cm³/mol. The summed E-state index contributed by atoms with van der Waals surface area (Å²) in [4.78, 5) is 11.3. The van der Waals surface area contributed by atoms with Crippen LogP contribution in [0.2, 0.25) is 0 Å². The molecular weight excluding hydrogens is 368 g/mol. The fourth-order valence-corrected chi connectivity index (χ4v) is 5.69. The minimum absolute atomic E-state index is 0.173. The molecule has 1 saturated heterocycles. The van der Waals surface area contributed by atoms with Crippen molar-refractivity contribution in [2.45, 2.75) is 22.3 Å². The number of nitriles is 1. The van der Waals surface area contributed by atoms with Gasteiger partial charge < -0.3 is 4.90 Å². The van der Waals surface area contributed by atoms with Crippen LogP contribution in [0.25, 0.3) is 11.0 Å². The van der Waals surface area contributed by atoms with Gasteiger partial charge in [0, 0.05) is 13.1 Å². The van der Waals surface area contributed by atoms with E-state index in [2.05, 4.69) is 9.97 Å². The molecule has 0 spiro atoms. The van der Waals surface area contributed by atoms with Gasteiger partial charge in [-0.3, -0.25) is 0 Å². The Morgan fingerprint density at radius 2 is 1.77 bits per heavy atom. The van der Waals surface area contributed by atoms with Crippen molar-refractivity contribution in [1.82, 2.24) is 9.97 Å². The highest BCUT2D eigenvalue weighted by Crippen LogP contribution is 2.36. The van der Waals surface area contributed by atoms with E-state index >= 15 is 0 Å². The molecule has 8 heteroatoms. The smallest absolute Gasteiger partial charge is 0.209 e. The molecule has 1 aliphatic rings. The number of sulfone groups is 1. The summed E-state index contributed by atoms with van der Waals surface area (Å²) in [6.07, 6.45) is 2.03. The Hall–Kier alpha value is -2.50. The third kappa shape index (κ3) is 2.83. The maximum absolute atomic E-state index is 13.0. The van der Waals surface area contributed by atoms with E-state index in [1.54, 1.807) is 17.5 Å². The first-order valence-electron chi connectivity index (χ1n) is 8.30. The molecule has 2 aromatic heterocycles. The monoisotopic (exact) mass is 384 g/mol. The molecule has 0 radical (unpaired) electrons. The zero-order valence-corrected chi connectivity index (χ0v) is 15.5. The van der Waals surface area contributed by atoms with Crippen LogP contribution < -0.4 is 4.90 Å². The Morgan fingerprint density at radius 1 is 1.08 bits per heavy atom. The van der Waals surface area contributed by atoms with Crippen LogP contribution in [0, 0.1) is 11.3 Å². The van der Waals surface area contributed by atoms with Crippen molar-refractivity contribution in [2.75, 3.05) is 18.0 Å². The van der Waals surface area contributed by atoms with Gasteiger partial charge in [-0.2, -0.15) is 5.26 Å². The summed E-state index contributed by atoms with van der Waals surface area (Å²) in [6.45, 7) is 1.58. The van der Waals surface area contributed by atoms with Gasteiger partial charge in [0.1, 0.15) is 9.90 Å². The van der Waals surface area contributed by atoms with Crippen molar-refractivity contribution in [1.29, 1.82) is 5.26 Å². The normalized spacial score (nSPS) is 15.9. The molecule has 0 unspecified atom stereocenters. The van der Waals surface area contributed by atoms with Crippen LogP contribution in [0.15, 0.2) is 46.0 Å². The molecule has 1 aromatic carbocycles. The molecule has 0 saturated carbocycles. The predicted octanol–water partition coefficient (Wildman–Crippen LogP) is 3.33. The number of para-hydroxylation sites is 2. The van der Waals surface area contributed by atoms with Crippen molar-refractivity contribution in [2.24, 2.45) is 0 Å². The lowest BCUT2D eigenvalue weighted by Crippen LogP contribution is -2.24. The van der Waals surface area contributed by atoms with Gasteiger partial charge >= 0.3 is 0 Å². The van der Waals surface area contributed by atoms with Crippen molar-refractivity contribution in [3.8, 4) is 6.07 Å². The maximum Gasteiger partial charge on any atom is 0.209 e. The number of aromatic nitrogens is 2. The summed E-state index contributed by atoms with van der Waals surface area (Å²) < 4.78 is 26.2. The average molecular weight is 384 g/mol. The fraction of sp³-hybridized carbons (Fsp3) is 0.278. The second kappa shape index (κ2) is 6.67. The molecule has 3 heterocycles. The van der Waals surface area contributed by atoms with Gasteiger partial charge in [-0.25, -0.2) is 18.4 Å². The molecule has 3 aromatic rings. The van der Waals surface area contributed by atoms with Gasteiger partial charge in [-0.05, 0) is 36.4 Å². The first-order chi connectivity index (χ1) is 12.6. The molecule has 6 nitrogen and oxygen atoms in total. The van der Waals surface area contributed by atoms with Crippen LogP contribution in [0.3, 0.4) is 0 Å². The van der Waals surface area contributed by atoms with Gasteiger partial charge in [0.2, 0.25) is 9.84 Å². The van der Waals surface area contributed by atoms with E-state index in [-0.39, 0.29) is 9.90 Å². The summed E-state index contributed by atoms with van der Waals surface area (Å²) in [5, 5.41) is 10.1. The third-order valence-electron chi connectivity index (χ3n) is 4.44. The van der Waals surface area contributed by atoms with E-state index < -0.39 is 15.1 Å². The number of thiophene rings is 1. The van der Waals surface area contributed by atoms with E-state index in [9.17, 15) is 13.7 Å². The van der Waals surface area contributed by atoms with Crippen LogP contribution in [0.1, 0.15) is 23.8 Å². The molecular formula is C18H16N4O2S2. The lowest BCUT2D eigenvalue weighted by molar-refractivity contribution is 0.592. The minimum Gasteiger partial charge on any atom is -0.355 e. The summed E-state index contributed by atoms with van der Waals surface area (Å²) in [5.41, 5.74) is 1.51. The summed E-state index contributed by atoms with van der Waals surface area (Å²) >= 11 is 1.11. The molecule has 1 atom stereocenters. The Bertz CT molecular complexity index is 1080. The first-order valence-corrected chi connectivity index (χ1v) is 10.7. The molecule has 4 rings (SSSR count). The number of nitrogens with zero attached hydrogens (tertiary/aromatic N) is 4. The van der Waals surface area contributed by atoms with E-state index in [4.69, 9.17) is 0 Å². The van der Waals surface area contributed by atoms with E-state index in [0.717, 1.165) is 37.3 Å². The van der Waals surface area contributed by atoms with Gasteiger partial charge in [-0.15, -0.1) is 11.3 Å². The Morgan fingerprint density at radius 3 is 2.38 bits per heavy atom. The first kappa shape index (κ1) is 16.9. The molecule has 1 aliphatic heterocycles. The lowest BCUT2D eigenvalue weighted by Gasteiger charge is -2.21. The van der Waals surface area contributed by atoms with E-state index in [1.165, 1.54) is 6.07 Å². The van der Waals surface area contributed by atoms with Crippen molar-refractivity contribution in [3.63, 3.8) is 0 Å². The van der Waals surface area contributed by atoms with Crippen molar-refractivity contribution in [3.05, 3.63) is 47.5 Å². The zero-order valence-electron chi connectivity index (χ0n) is 13.9. The van der Waals surface area contributed by atoms with Crippen LogP contribution in [-0.2, 0) is 9.84 Å². The third-order valence-corrected chi connectivity index (χ3v) is 7.73. The molecule has 0 bridgehead atoms. The van der Waals surface area contributed by atoms with Crippen molar-refractivity contribution >= 4 is 38.0 Å². The SMILES string of the molecule is N#C[C@@H](c1nc2ccccc2nc1N1CCCC1)S(=O)(=O)c1cccs1. The van der Waals surface area contributed by atoms with E-state index in [1.807, 2.05) is 29.2 Å². The standard InChI is InChI=1S/C18H16N4O2S2/c19-12-15(26(23,24)16-8-5-11-25-16)17-18(22-9-3-4-10-22)21-14-7-2-1-6-13(14)20-17/h1-2,5-8,11,15H,3-4,9-10H2/t15-/m0/s1. The summed E-state index contributed by atoms with van der Waals surface area (Å²) in [6, 6.07) is 12.5. The highest BCUT2D eigenvalue weighted by molar-refractivity contribution is 7.93. The average Bonchev–Trinajstić information content (AvgIpc) is 3.35. The number of benzene rings is 1. The summed E-state index contributed by atoms with van der Waals surface area (Å²) in [7, 11) is -3.85. The number of hydrogen-bond donors (Lipinski definition) is 0.